The van der Waals surface area contributed by atoms with Crippen molar-refractivity contribution in [3.63, 3.8) is 0 Å². The minimum Gasteiger partial charge on any atom is -0.456 e. The summed E-state index contributed by atoms with van der Waals surface area (Å²) >= 11 is 0. The van der Waals surface area contributed by atoms with Gasteiger partial charge in [-0.2, -0.15) is 0 Å². The minimum atomic E-state index is -0.430. The lowest BCUT2D eigenvalue weighted by Gasteiger charge is -2.06. The van der Waals surface area contributed by atoms with E-state index in [1.807, 2.05) is 78.9 Å². The smallest absolute Gasteiger partial charge is 0.157 e. The van der Waals surface area contributed by atoms with E-state index in [1.165, 1.54) is 0 Å². The molecule has 0 aliphatic heterocycles. The van der Waals surface area contributed by atoms with E-state index in [0.717, 1.165) is 16.5 Å². The van der Waals surface area contributed by atoms with Gasteiger partial charge < -0.3 is 10.2 Å². The summed E-state index contributed by atoms with van der Waals surface area (Å²) in [5.41, 5.74) is 10.6. The van der Waals surface area contributed by atoms with E-state index in [0.29, 0.717) is 45.9 Å². The number of rotatable bonds is 5. The van der Waals surface area contributed by atoms with Crippen LogP contribution in [0.1, 0.15) is 23.5 Å². The van der Waals surface area contributed by atoms with E-state index in [-0.39, 0.29) is 29.7 Å². The summed E-state index contributed by atoms with van der Waals surface area (Å²) in [4.78, 5) is 9.51. The number of nitrogens with two attached hydrogens (primary N) is 1. The number of benzene rings is 5. The van der Waals surface area contributed by atoms with Crippen LogP contribution in [0.15, 0.2) is 142 Å². The molecule has 37 heavy (non-hydrogen) atoms. The summed E-state index contributed by atoms with van der Waals surface area (Å²) < 4.78 is 47.5. The molecule has 0 unspecified atom stereocenters. The number of aliphatic imine (C=N–C) groups is 2. The van der Waals surface area contributed by atoms with Gasteiger partial charge in [0.25, 0.3) is 0 Å². The normalized spacial score (nSPS) is 14.2. The summed E-state index contributed by atoms with van der Waals surface area (Å²) in [5, 5.41) is 1.39. The first-order valence-corrected chi connectivity index (χ1v) is 11.8. The van der Waals surface area contributed by atoms with Gasteiger partial charge in [-0.25, -0.2) is 4.99 Å². The molecule has 1 aromatic heterocycles. The van der Waals surface area contributed by atoms with Crippen LogP contribution in [0, 0.1) is 0 Å². The maximum Gasteiger partial charge on any atom is 0.157 e. The predicted molar refractivity (Wildman–Crippen MR) is 153 cm³/mol. The van der Waals surface area contributed by atoms with E-state index in [2.05, 4.69) is 0 Å². The summed E-state index contributed by atoms with van der Waals surface area (Å²) in [5.74, 6) is 0.768. The van der Waals surface area contributed by atoms with Crippen molar-refractivity contribution in [2.45, 2.75) is 6.54 Å². The van der Waals surface area contributed by atoms with Gasteiger partial charge in [-0.1, -0.05) is 109 Å². The number of hydrogen-bond acceptors (Lipinski definition) is 2. The monoisotopic (exact) mass is 484 g/mol. The highest BCUT2D eigenvalue weighted by molar-refractivity contribution is 6.15. The average Bonchev–Trinajstić information content (AvgIpc) is 3.40. The van der Waals surface area contributed by atoms with Crippen molar-refractivity contribution < 1.29 is 11.3 Å². The summed E-state index contributed by atoms with van der Waals surface area (Å²) in [6, 6.07) is 28.5. The fourth-order valence-electron chi connectivity index (χ4n) is 4.29. The third-order valence-corrected chi connectivity index (χ3v) is 6.07. The SMILES string of the molecule is [2H]c1c([2H])c([2H])c(-c2cccc3oc4cc(C(N=C(N)c5ccccc5)=NCc5ccccc5)ccc4c23)c([2H])c1[2H]. The Bertz CT molecular complexity index is 1990. The van der Waals surface area contributed by atoms with E-state index >= 15 is 0 Å². The Morgan fingerprint density at radius 3 is 2.30 bits per heavy atom. The highest BCUT2D eigenvalue weighted by Gasteiger charge is 2.14. The molecule has 0 atom stereocenters. The molecule has 0 spiro atoms. The molecule has 0 fully saturated rings. The molecule has 0 aliphatic carbocycles. The highest BCUT2D eigenvalue weighted by atomic mass is 16.3. The molecule has 6 aromatic rings. The quantitative estimate of drug-likeness (QED) is 0.202. The average molecular weight is 485 g/mol. The van der Waals surface area contributed by atoms with Crippen LogP contribution < -0.4 is 5.73 Å². The highest BCUT2D eigenvalue weighted by Crippen LogP contribution is 2.37. The molecule has 4 heteroatoms. The topological polar surface area (TPSA) is 63.9 Å². The Kier molecular flexibility index (Phi) is 4.70. The van der Waals surface area contributed by atoms with Crippen molar-refractivity contribution in [1.29, 1.82) is 0 Å². The van der Waals surface area contributed by atoms with Crippen molar-refractivity contribution in [1.82, 2.24) is 0 Å². The zero-order chi connectivity index (χ0) is 29.4. The number of fused-ring (bicyclic) bond motifs is 3. The van der Waals surface area contributed by atoms with Crippen LogP contribution in [-0.2, 0) is 6.54 Å². The molecule has 5 aromatic carbocycles. The molecule has 0 bridgehead atoms. The first-order chi connectivity index (χ1) is 20.3. The maximum absolute atomic E-state index is 8.51. The van der Waals surface area contributed by atoms with Crippen LogP contribution in [-0.4, -0.2) is 11.7 Å². The van der Waals surface area contributed by atoms with Crippen molar-refractivity contribution in [2.75, 3.05) is 0 Å². The molecule has 4 nitrogen and oxygen atoms in total. The Labute approximate surface area is 222 Å². The molecule has 0 radical (unpaired) electrons. The minimum absolute atomic E-state index is 0.128. The van der Waals surface area contributed by atoms with Gasteiger partial charge in [0, 0.05) is 21.9 Å². The van der Waals surface area contributed by atoms with Gasteiger partial charge in [0.15, 0.2) is 5.84 Å². The molecule has 178 valence electrons. The molecule has 0 amide bonds. The number of hydrogen-bond donors (Lipinski definition) is 1. The van der Waals surface area contributed by atoms with Crippen LogP contribution in [0.2, 0.25) is 0 Å². The number of furan rings is 1. The van der Waals surface area contributed by atoms with Gasteiger partial charge in [0.1, 0.15) is 17.0 Å². The first-order valence-electron chi connectivity index (χ1n) is 14.3. The second-order valence-electron chi connectivity index (χ2n) is 8.48. The Morgan fingerprint density at radius 2 is 1.51 bits per heavy atom. The van der Waals surface area contributed by atoms with Crippen molar-refractivity contribution in [3.05, 3.63) is 144 Å². The Hall–Kier alpha value is -4.96. The second kappa shape index (κ2) is 9.96. The van der Waals surface area contributed by atoms with Gasteiger partial charge in [0.2, 0.25) is 0 Å². The third kappa shape index (κ3) is 4.65. The van der Waals surface area contributed by atoms with Crippen molar-refractivity contribution >= 4 is 33.6 Å². The Morgan fingerprint density at radius 1 is 0.757 bits per heavy atom. The molecule has 6 rings (SSSR count). The lowest BCUT2D eigenvalue weighted by atomic mass is 9.99. The van der Waals surface area contributed by atoms with Crippen LogP contribution in [0.5, 0.6) is 0 Å². The summed E-state index contributed by atoms with van der Waals surface area (Å²) in [6.45, 7) is 0.402. The van der Waals surface area contributed by atoms with Crippen LogP contribution in [0.25, 0.3) is 33.1 Å². The van der Waals surface area contributed by atoms with E-state index in [1.54, 1.807) is 18.2 Å². The zero-order valence-electron chi connectivity index (χ0n) is 24.8. The number of nitrogens with zero attached hydrogens (tertiary/aromatic N) is 2. The molecule has 2 N–H and O–H groups in total. The van der Waals surface area contributed by atoms with Gasteiger partial charge in [-0.15, -0.1) is 0 Å². The molecule has 1 heterocycles. The fraction of sp³-hybridized carbons (Fsp3) is 0.0303. The molecule has 0 saturated heterocycles. The Balaban J connectivity index is 1.51. The number of amidine groups is 2. The lowest BCUT2D eigenvalue weighted by molar-refractivity contribution is 0.669. The maximum atomic E-state index is 8.51. The van der Waals surface area contributed by atoms with Crippen molar-refractivity contribution in [2.24, 2.45) is 15.7 Å². The van der Waals surface area contributed by atoms with Crippen LogP contribution in [0.3, 0.4) is 0 Å². The molecular formula is C33H25N3O. The predicted octanol–water partition coefficient (Wildman–Crippen LogP) is 7.61. The van der Waals surface area contributed by atoms with Gasteiger partial charge >= 0.3 is 0 Å². The fourth-order valence-corrected chi connectivity index (χ4v) is 4.29. The standard InChI is InChI=1S/C33H25N3O/c34-32(25-15-8-3-9-16-25)36-33(35-22-23-11-4-1-5-12-23)26-19-20-28-30(21-26)37-29-18-10-17-27(31(28)29)24-13-6-2-7-14-24/h1-21H,22H2,(H2,34,35,36)/i2D,6D,7D,13D,14D. The molecule has 0 aliphatic rings. The van der Waals surface area contributed by atoms with Crippen LogP contribution >= 0.6 is 0 Å². The van der Waals surface area contributed by atoms with Crippen LogP contribution in [0.4, 0.5) is 0 Å². The van der Waals surface area contributed by atoms with Gasteiger partial charge in [-0.05, 0) is 34.9 Å². The largest absolute Gasteiger partial charge is 0.456 e. The van der Waals surface area contributed by atoms with E-state index in [4.69, 9.17) is 27.0 Å². The second-order valence-corrected chi connectivity index (χ2v) is 8.48. The zero-order valence-corrected chi connectivity index (χ0v) is 19.8. The van der Waals surface area contributed by atoms with Crippen molar-refractivity contribution in [3.8, 4) is 11.1 Å². The summed E-state index contributed by atoms with van der Waals surface area (Å²) in [7, 11) is 0. The van der Waals surface area contributed by atoms with Gasteiger partial charge in [-0.3, -0.25) is 4.99 Å². The lowest BCUT2D eigenvalue weighted by Crippen LogP contribution is -2.16. The van der Waals surface area contributed by atoms with E-state index in [9.17, 15) is 0 Å². The molecular weight excluding hydrogens is 454 g/mol. The third-order valence-electron chi connectivity index (χ3n) is 6.07. The summed E-state index contributed by atoms with van der Waals surface area (Å²) in [6.07, 6.45) is 0. The van der Waals surface area contributed by atoms with Gasteiger partial charge in [0.05, 0.1) is 13.4 Å². The first kappa shape index (κ1) is 17.5. The molecule has 0 saturated carbocycles. The van der Waals surface area contributed by atoms with E-state index < -0.39 is 6.04 Å².